The molecule has 1 heterocycles. The van der Waals surface area contributed by atoms with Gasteiger partial charge in [-0.1, -0.05) is 0 Å². The van der Waals surface area contributed by atoms with Crippen LogP contribution in [-0.4, -0.2) is 4.92 Å². The number of nitro groups is 1. The van der Waals surface area contributed by atoms with Crippen molar-refractivity contribution in [2.24, 2.45) is 0 Å². The van der Waals surface area contributed by atoms with E-state index < -0.39 is 16.4 Å². The number of nitro benzene ring substituents is 1. The molecule has 0 spiro atoms. The van der Waals surface area contributed by atoms with Crippen molar-refractivity contribution in [1.29, 1.82) is 0 Å². The van der Waals surface area contributed by atoms with Crippen LogP contribution >= 0.6 is 11.3 Å². The number of hydrogen-bond donors (Lipinski definition) is 1. The minimum Gasteiger partial charge on any atom is -0.377 e. The zero-order valence-corrected chi connectivity index (χ0v) is 11.3. The van der Waals surface area contributed by atoms with E-state index in [0.717, 1.165) is 10.9 Å². The third-order valence-corrected chi connectivity index (χ3v) is 3.90. The second-order valence-electron chi connectivity index (χ2n) is 4.24. The van der Waals surface area contributed by atoms with Crippen LogP contribution in [0.2, 0.25) is 0 Å². The minimum absolute atomic E-state index is 0.0174. The van der Waals surface area contributed by atoms with Crippen molar-refractivity contribution in [3.05, 3.63) is 56.0 Å². The molecule has 2 rings (SSSR count). The van der Waals surface area contributed by atoms with Gasteiger partial charge in [0.2, 0.25) is 5.82 Å². The summed E-state index contributed by atoms with van der Waals surface area (Å²) in [6.07, 6.45) is 0. The van der Waals surface area contributed by atoms with Crippen molar-refractivity contribution < 1.29 is 9.31 Å². The molecule has 0 radical (unpaired) electrons. The highest BCUT2D eigenvalue weighted by molar-refractivity contribution is 7.12. The van der Waals surface area contributed by atoms with Gasteiger partial charge in [0.1, 0.15) is 0 Å². The van der Waals surface area contributed by atoms with Gasteiger partial charge in [-0.25, -0.2) is 0 Å². The molecule has 6 heteroatoms. The lowest BCUT2D eigenvalue weighted by Gasteiger charge is -2.13. The van der Waals surface area contributed by atoms with E-state index in [1.54, 1.807) is 11.3 Å². The summed E-state index contributed by atoms with van der Waals surface area (Å²) in [7, 11) is 0. The zero-order valence-electron chi connectivity index (χ0n) is 10.5. The van der Waals surface area contributed by atoms with Crippen LogP contribution in [0, 0.1) is 22.9 Å². The van der Waals surface area contributed by atoms with Crippen LogP contribution in [0.5, 0.6) is 0 Å². The highest BCUT2D eigenvalue weighted by atomic mass is 32.1. The van der Waals surface area contributed by atoms with Gasteiger partial charge in [0, 0.05) is 21.5 Å². The molecular formula is C13H13FN2O2S. The van der Waals surface area contributed by atoms with E-state index in [1.807, 2.05) is 26.0 Å². The Morgan fingerprint density at radius 2 is 2.11 bits per heavy atom. The first kappa shape index (κ1) is 13.5. The number of nitrogens with zero attached hydrogens (tertiary/aromatic N) is 1. The Kier molecular flexibility index (Phi) is 3.80. The van der Waals surface area contributed by atoms with Crippen molar-refractivity contribution in [3.8, 4) is 0 Å². The van der Waals surface area contributed by atoms with E-state index in [-0.39, 0.29) is 6.04 Å². The lowest BCUT2D eigenvalue weighted by atomic mass is 10.2. The molecule has 0 saturated heterocycles. The second kappa shape index (κ2) is 5.36. The maximum Gasteiger partial charge on any atom is 0.306 e. The van der Waals surface area contributed by atoms with Crippen LogP contribution in [0.3, 0.4) is 0 Å². The fourth-order valence-corrected chi connectivity index (χ4v) is 2.63. The summed E-state index contributed by atoms with van der Waals surface area (Å²) in [5.41, 5.74) is 0.0196. The minimum atomic E-state index is -0.824. The lowest BCUT2D eigenvalue weighted by Crippen LogP contribution is -2.05. The first-order valence-electron chi connectivity index (χ1n) is 5.74. The predicted molar refractivity (Wildman–Crippen MR) is 74.1 cm³/mol. The molecule has 0 saturated carbocycles. The Morgan fingerprint density at radius 3 is 2.68 bits per heavy atom. The summed E-state index contributed by atoms with van der Waals surface area (Å²) >= 11 is 1.66. The van der Waals surface area contributed by atoms with Gasteiger partial charge >= 0.3 is 5.69 Å². The molecule has 2 aromatic rings. The van der Waals surface area contributed by atoms with Crippen LogP contribution in [0.1, 0.15) is 22.7 Å². The van der Waals surface area contributed by atoms with Crippen molar-refractivity contribution in [1.82, 2.24) is 0 Å². The van der Waals surface area contributed by atoms with E-state index >= 15 is 0 Å². The van der Waals surface area contributed by atoms with Crippen LogP contribution in [-0.2, 0) is 0 Å². The average Bonchev–Trinajstić information content (AvgIpc) is 2.78. The Labute approximate surface area is 114 Å². The summed E-state index contributed by atoms with van der Waals surface area (Å²) in [5, 5.41) is 13.8. The van der Waals surface area contributed by atoms with Crippen molar-refractivity contribution >= 4 is 22.7 Å². The number of thiophene rings is 1. The molecule has 0 aliphatic carbocycles. The standard InChI is InChI=1S/C13H13FN2O2S/c1-8-3-6-13(19-8)9(2)15-10-4-5-11(14)12(7-10)16(17)18/h3-7,9,15H,1-2H3. The third kappa shape index (κ3) is 3.08. The monoisotopic (exact) mass is 280 g/mol. The number of halogens is 1. The predicted octanol–water partition coefficient (Wildman–Crippen LogP) is 4.28. The van der Waals surface area contributed by atoms with Crippen LogP contribution in [0.25, 0.3) is 0 Å². The molecule has 100 valence electrons. The molecule has 1 aromatic heterocycles. The van der Waals surface area contributed by atoms with Gasteiger partial charge in [-0.3, -0.25) is 10.1 Å². The summed E-state index contributed by atoms with van der Waals surface area (Å²) in [4.78, 5) is 12.3. The quantitative estimate of drug-likeness (QED) is 0.672. The molecule has 0 fully saturated rings. The van der Waals surface area contributed by atoms with Gasteiger partial charge in [0.25, 0.3) is 0 Å². The second-order valence-corrected chi connectivity index (χ2v) is 5.56. The molecule has 0 amide bonds. The molecule has 1 unspecified atom stereocenters. The molecule has 19 heavy (non-hydrogen) atoms. The number of benzene rings is 1. The van der Waals surface area contributed by atoms with E-state index in [4.69, 9.17) is 0 Å². The van der Waals surface area contributed by atoms with Crippen LogP contribution < -0.4 is 5.32 Å². The highest BCUT2D eigenvalue weighted by Crippen LogP contribution is 2.28. The number of aryl methyl sites for hydroxylation is 1. The van der Waals surface area contributed by atoms with Gasteiger partial charge < -0.3 is 5.32 Å². The SMILES string of the molecule is Cc1ccc(C(C)Nc2ccc(F)c([N+](=O)[O-])c2)s1. The largest absolute Gasteiger partial charge is 0.377 e. The maximum atomic E-state index is 13.2. The van der Waals surface area contributed by atoms with Crippen molar-refractivity contribution in [2.75, 3.05) is 5.32 Å². The average molecular weight is 280 g/mol. The van der Waals surface area contributed by atoms with Gasteiger partial charge in [-0.05, 0) is 38.1 Å². The van der Waals surface area contributed by atoms with Crippen LogP contribution in [0.15, 0.2) is 30.3 Å². The summed E-state index contributed by atoms with van der Waals surface area (Å²) in [6.45, 7) is 3.98. The number of anilines is 1. The van der Waals surface area contributed by atoms with Gasteiger partial charge in [0.05, 0.1) is 11.0 Å². The van der Waals surface area contributed by atoms with E-state index in [0.29, 0.717) is 5.69 Å². The molecular weight excluding hydrogens is 267 g/mol. The van der Waals surface area contributed by atoms with Gasteiger partial charge in [-0.2, -0.15) is 4.39 Å². The lowest BCUT2D eigenvalue weighted by molar-refractivity contribution is -0.387. The van der Waals surface area contributed by atoms with Crippen LogP contribution in [0.4, 0.5) is 15.8 Å². The number of nitrogens with one attached hydrogen (secondary N) is 1. The maximum absolute atomic E-state index is 13.2. The molecule has 0 aliphatic heterocycles. The highest BCUT2D eigenvalue weighted by Gasteiger charge is 2.15. The van der Waals surface area contributed by atoms with Crippen molar-refractivity contribution in [2.45, 2.75) is 19.9 Å². The molecule has 1 atom stereocenters. The van der Waals surface area contributed by atoms with Gasteiger partial charge in [0.15, 0.2) is 0 Å². The van der Waals surface area contributed by atoms with Crippen molar-refractivity contribution in [3.63, 3.8) is 0 Å². The fourth-order valence-electron chi connectivity index (χ4n) is 1.75. The molecule has 1 N–H and O–H groups in total. The van der Waals surface area contributed by atoms with E-state index in [1.165, 1.54) is 17.0 Å². The zero-order chi connectivity index (χ0) is 14.0. The topological polar surface area (TPSA) is 55.2 Å². The summed E-state index contributed by atoms with van der Waals surface area (Å²) in [5.74, 6) is -0.824. The molecule has 0 aliphatic rings. The van der Waals surface area contributed by atoms with Gasteiger partial charge in [-0.15, -0.1) is 11.3 Å². The summed E-state index contributed by atoms with van der Waals surface area (Å²) < 4.78 is 13.2. The fraction of sp³-hybridized carbons (Fsp3) is 0.231. The molecule has 4 nitrogen and oxygen atoms in total. The number of hydrogen-bond acceptors (Lipinski definition) is 4. The smallest absolute Gasteiger partial charge is 0.306 e. The first-order valence-corrected chi connectivity index (χ1v) is 6.56. The normalized spacial score (nSPS) is 12.2. The first-order chi connectivity index (χ1) is 8.97. The third-order valence-electron chi connectivity index (χ3n) is 2.71. The number of rotatable bonds is 4. The molecule has 1 aromatic carbocycles. The Bertz CT molecular complexity index is 612. The summed E-state index contributed by atoms with van der Waals surface area (Å²) in [6, 6.07) is 7.86. The Hall–Kier alpha value is -1.95. The molecule has 0 bridgehead atoms. The van der Waals surface area contributed by atoms with E-state index in [9.17, 15) is 14.5 Å². The Balaban J connectivity index is 2.19. The van der Waals surface area contributed by atoms with E-state index in [2.05, 4.69) is 5.32 Å². The Morgan fingerprint density at radius 1 is 1.37 bits per heavy atom.